The maximum Gasteiger partial charge on any atom is 0.305 e. The average Bonchev–Trinajstić information content (AvgIpc) is 3.65. The normalized spacial score (nSPS) is 12.4. The van der Waals surface area contributed by atoms with E-state index >= 15 is 0 Å². The summed E-state index contributed by atoms with van der Waals surface area (Å²) in [5.74, 6) is 0.000406. The number of hydrogen-bond donors (Lipinski definition) is 3. The van der Waals surface area contributed by atoms with Gasteiger partial charge in [0.1, 0.15) is 0 Å². The fourth-order valence-corrected chi connectivity index (χ4v) is 13.9. The molecule has 2 atom stereocenters. The summed E-state index contributed by atoms with van der Waals surface area (Å²) >= 11 is 0. The minimum Gasteiger partial charge on any atom is -0.466 e. The lowest BCUT2D eigenvalue weighted by molar-refractivity contribution is -0.143. The fourth-order valence-electron chi connectivity index (χ4n) is 13.9. The van der Waals surface area contributed by atoms with E-state index in [1.165, 1.54) is 424 Å². The molecule has 1 amide bonds. The molecule has 0 aliphatic carbocycles. The van der Waals surface area contributed by atoms with Crippen molar-refractivity contribution in [3.05, 3.63) is 12.2 Å². The van der Waals surface area contributed by atoms with Gasteiger partial charge in [0, 0.05) is 12.8 Å². The van der Waals surface area contributed by atoms with Crippen LogP contribution >= 0.6 is 0 Å². The van der Waals surface area contributed by atoms with Crippen molar-refractivity contribution in [2.24, 2.45) is 0 Å². The third kappa shape index (κ3) is 77.5. The van der Waals surface area contributed by atoms with Crippen molar-refractivity contribution >= 4 is 11.9 Å². The molecule has 3 N–H and O–H groups in total. The Morgan fingerprint density at radius 2 is 0.516 bits per heavy atom. The molecule has 0 spiro atoms. The summed E-state index contributed by atoms with van der Waals surface area (Å²) in [4.78, 5) is 24.7. The van der Waals surface area contributed by atoms with E-state index < -0.39 is 12.1 Å². The van der Waals surface area contributed by atoms with Gasteiger partial charge in [-0.05, 0) is 51.4 Å². The van der Waals surface area contributed by atoms with Crippen LogP contribution in [0.5, 0.6) is 0 Å². The molecule has 0 aromatic rings. The van der Waals surface area contributed by atoms with Crippen LogP contribution in [0.1, 0.15) is 495 Å². The van der Waals surface area contributed by atoms with Crippen molar-refractivity contribution in [2.45, 2.75) is 508 Å². The first-order chi connectivity index (χ1) is 45.0. The van der Waals surface area contributed by atoms with Gasteiger partial charge in [0.05, 0.1) is 25.4 Å². The van der Waals surface area contributed by atoms with Gasteiger partial charge in [0.15, 0.2) is 0 Å². The van der Waals surface area contributed by atoms with Crippen LogP contribution in [0.15, 0.2) is 12.2 Å². The van der Waals surface area contributed by atoms with E-state index in [-0.39, 0.29) is 18.5 Å². The summed E-state index contributed by atoms with van der Waals surface area (Å²) in [6, 6.07) is -0.537. The van der Waals surface area contributed by atoms with Crippen molar-refractivity contribution in [3.63, 3.8) is 0 Å². The number of carbonyl (C=O) groups excluding carboxylic acids is 2. The lowest BCUT2D eigenvalue weighted by Crippen LogP contribution is -2.45. The SMILES string of the molecule is CCCCCCCC/C=C\CCCCCCCCCCCC(=O)OCCCCCCCCCCCCCCCCCCCCCCCCCCCCCCCCCCCCCCCC(=O)NC(CO)C(O)CCCCCCCCCCCCCCCCCCCC. The molecule has 6 heteroatoms. The topological polar surface area (TPSA) is 95.9 Å². The van der Waals surface area contributed by atoms with Crippen molar-refractivity contribution < 1.29 is 24.5 Å². The summed E-state index contributed by atoms with van der Waals surface area (Å²) < 4.78 is 5.52. The highest BCUT2D eigenvalue weighted by atomic mass is 16.5. The van der Waals surface area contributed by atoms with Gasteiger partial charge in [-0.25, -0.2) is 0 Å². The van der Waals surface area contributed by atoms with Gasteiger partial charge in [0.2, 0.25) is 5.91 Å². The summed E-state index contributed by atoms with van der Waals surface area (Å²) in [6.07, 6.45) is 103. The van der Waals surface area contributed by atoms with Crippen LogP contribution in [0.25, 0.3) is 0 Å². The number of ether oxygens (including phenoxy) is 1. The number of aliphatic hydroxyl groups is 2. The van der Waals surface area contributed by atoms with E-state index in [9.17, 15) is 19.8 Å². The van der Waals surface area contributed by atoms with Crippen molar-refractivity contribution in [2.75, 3.05) is 13.2 Å². The Labute approximate surface area is 571 Å². The summed E-state index contributed by atoms with van der Waals surface area (Å²) in [6.45, 7) is 5.01. The Morgan fingerprint density at radius 1 is 0.297 bits per heavy atom. The Morgan fingerprint density at radius 3 is 0.780 bits per heavy atom. The fraction of sp³-hybridized carbons (Fsp3) is 0.953. The molecule has 0 saturated heterocycles. The second-order valence-corrected chi connectivity index (χ2v) is 29.5. The first-order valence-corrected chi connectivity index (χ1v) is 42.4. The number of amides is 1. The second kappa shape index (κ2) is 81.0. The first-order valence-electron chi connectivity index (χ1n) is 42.4. The van der Waals surface area contributed by atoms with Crippen LogP contribution in [0.3, 0.4) is 0 Å². The van der Waals surface area contributed by atoms with Crippen LogP contribution < -0.4 is 5.32 Å². The number of aliphatic hydroxyl groups excluding tert-OH is 2. The summed E-state index contributed by atoms with van der Waals surface area (Å²) in [7, 11) is 0. The van der Waals surface area contributed by atoms with Crippen LogP contribution in [-0.2, 0) is 14.3 Å². The molecule has 0 bridgehead atoms. The molecule has 0 aliphatic rings. The molecule has 0 aliphatic heterocycles. The Bertz CT molecular complexity index is 1380. The van der Waals surface area contributed by atoms with Gasteiger partial charge in [-0.1, -0.05) is 443 Å². The van der Waals surface area contributed by atoms with E-state index in [1.54, 1.807) is 0 Å². The third-order valence-electron chi connectivity index (χ3n) is 20.3. The van der Waals surface area contributed by atoms with Crippen LogP contribution in [0.2, 0.25) is 0 Å². The first kappa shape index (κ1) is 89.6. The lowest BCUT2D eigenvalue weighted by Gasteiger charge is -2.22. The lowest BCUT2D eigenvalue weighted by atomic mass is 10.0. The molecule has 2 unspecified atom stereocenters. The minimum absolute atomic E-state index is 0.0239. The zero-order chi connectivity index (χ0) is 65.6. The maximum atomic E-state index is 12.6. The van der Waals surface area contributed by atoms with Crippen LogP contribution in [-0.4, -0.2) is 47.4 Å². The van der Waals surface area contributed by atoms with E-state index in [0.29, 0.717) is 25.9 Å². The van der Waals surface area contributed by atoms with E-state index in [1.807, 2.05) is 0 Å². The molecule has 0 aromatic carbocycles. The second-order valence-electron chi connectivity index (χ2n) is 29.5. The molecule has 0 radical (unpaired) electrons. The smallest absolute Gasteiger partial charge is 0.305 e. The number of allylic oxidation sites excluding steroid dienone is 2. The third-order valence-corrected chi connectivity index (χ3v) is 20.3. The number of unbranched alkanes of at least 4 members (excludes halogenated alkanes) is 68. The van der Waals surface area contributed by atoms with Crippen molar-refractivity contribution in [3.8, 4) is 0 Å². The average molecular weight is 1280 g/mol. The molecule has 91 heavy (non-hydrogen) atoms. The molecule has 0 fully saturated rings. The van der Waals surface area contributed by atoms with E-state index in [0.717, 1.165) is 38.5 Å². The quantitative estimate of drug-likeness (QED) is 0.0320. The van der Waals surface area contributed by atoms with Gasteiger partial charge in [0.25, 0.3) is 0 Å². The standard InChI is InChI=1S/C85H167NO5/c1-3-5-7-9-11-13-15-17-19-21-42-47-51-55-59-63-67-71-75-79-85(90)91-80-76-72-68-64-60-56-52-48-44-41-39-37-35-33-31-29-27-25-23-24-26-28-30-32-34-36-38-40-43-46-50-54-58-62-66-70-74-78-84(89)86-82(81-87)83(88)77-73-69-65-61-57-53-49-45-22-20-18-16-14-12-10-8-6-4-2/h17,19,82-83,87-88H,3-16,18,20-81H2,1-2H3,(H,86,89)/b19-17-. The molecule has 542 valence electrons. The van der Waals surface area contributed by atoms with Gasteiger partial charge in [-0.15, -0.1) is 0 Å². The Kier molecular flexibility index (Phi) is 79.8. The molecule has 0 rings (SSSR count). The maximum absolute atomic E-state index is 12.6. The predicted molar refractivity (Wildman–Crippen MR) is 403 cm³/mol. The van der Waals surface area contributed by atoms with Gasteiger partial charge in [-0.2, -0.15) is 0 Å². The van der Waals surface area contributed by atoms with Gasteiger partial charge in [-0.3, -0.25) is 9.59 Å². The molecule has 0 aromatic heterocycles. The number of nitrogens with one attached hydrogen (secondary N) is 1. The zero-order valence-electron chi connectivity index (χ0n) is 62.4. The van der Waals surface area contributed by atoms with E-state index in [2.05, 4.69) is 31.3 Å². The highest BCUT2D eigenvalue weighted by Crippen LogP contribution is 2.21. The molecule has 0 heterocycles. The molecule has 6 nitrogen and oxygen atoms in total. The molecular weight excluding hydrogens is 1110 g/mol. The Hall–Kier alpha value is -1.40. The molecular formula is C85H167NO5. The van der Waals surface area contributed by atoms with E-state index in [4.69, 9.17) is 4.74 Å². The number of hydrogen-bond acceptors (Lipinski definition) is 5. The predicted octanol–water partition coefficient (Wildman–Crippen LogP) is 28.2. The number of esters is 1. The van der Waals surface area contributed by atoms with Gasteiger partial charge >= 0.3 is 5.97 Å². The monoisotopic (exact) mass is 1280 g/mol. The summed E-state index contributed by atoms with van der Waals surface area (Å²) in [5, 5.41) is 23.4. The molecule has 0 saturated carbocycles. The van der Waals surface area contributed by atoms with Crippen molar-refractivity contribution in [1.82, 2.24) is 5.32 Å². The minimum atomic E-state index is -0.660. The summed E-state index contributed by atoms with van der Waals surface area (Å²) in [5.41, 5.74) is 0. The highest BCUT2D eigenvalue weighted by molar-refractivity contribution is 5.76. The number of rotatable bonds is 81. The van der Waals surface area contributed by atoms with Crippen LogP contribution in [0, 0.1) is 0 Å². The van der Waals surface area contributed by atoms with Crippen molar-refractivity contribution in [1.29, 1.82) is 0 Å². The number of carbonyl (C=O) groups is 2. The zero-order valence-corrected chi connectivity index (χ0v) is 62.4. The van der Waals surface area contributed by atoms with Crippen LogP contribution in [0.4, 0.5) is 0 Å². The highest BCUT2D eigenvalue weighted by Gasteiger charge is 2.20. The van der Waals surface area contributed by atoms with Gasteiger partial charge < -0.3 is 20.3 Å². The largest absolute Gasteiger partial charge is 0.466 e. The Balaban J connectivity index is 3.28.